The van der Waals surface area contributed by atoms with Crippen LogP contribution in [0.15, 0.2) is 180 Å². The van der Waals surface area contributed by atoms with Gasteiger partial charge in [0.05, 0.1) is 6.04 Å². The number of rotatable bonds is 5. The number of fused-ring (bicyclic) bond motifs is 10. The van der Waals surface area contributed by atoms with Crippen molar-refractivity contribution < 1.29 is 4.42 Å². The van der Waals surface area contributed by atoms with Gasteiger partial charge in [-0.1, -0.05) is 121 Å². The van der Waals surface area contributed by atoms with Crippen LogP contribution in [0.4, 0.5) is 11.4 Å². The van der Waals surface area contributed by atoms with Crippen LogP contribution in [0.5, 0.6) is 0 Å². The molecule has 268 valence electrons. The van der Waals surface area contributed by atoms with E-state index in [-0.39, 0.29) is 12.0 Å². The summed E-state index contributed by atoms with van der Waals surface area (Å²) in [6.07, 6.45) is 4.45. The van der Waals surface area contributed by atoms with Crippen molar-refractivity contribution in [3.63, 3.8) is 0 Å². The standard InChI is InChI=1S/C51H32N4OS/c1-3-13-31(14-4-1)32-15-11-16-33(29-32)49-52-50(34-25-28-45-39(30-34)36-19-8-10-24-44(36)57-45)54-51(53-49)38-21-12-23-42-47(38)48-43(56-42)27-26-41-46(48)37-20-7-9-22-40(37)55(41)35-17-5-2-6-18-35/h1-30,41,46H. The molecule has 2 aliphatic rings. The molecule has 0 N–H and O–H groups in total. The zero-order chi connectivity index (χ0) is 37.5. The Morgan fingerprint density at radius 3 is 2.09 bits per heavy atom. The summed E-state index contributed by atoms with van der Waals surface area (Å²) >= 11 is 1.81. The first-order chi connectivity index (χ1) is 28.2. The molecule has 1 aliphatic carbocycles. The summed E-state index contributed by atoms with van der Waals surface area (Å²) in [7, 11) is 0. The zero-order valence-corrected chi connectivity index (χ0v) is 31.4. The molecule has 0 saturated carbocycles. The minimum Gasteiger partial charge on any atom is -0.456 e. The third-order valence-corrected chi connectivity index (χ3v) is 12.6. The van der Waals surface area contributed by atoms with Crippen LogP contribution in [-0.2, 0) is 0 Å². The van der Waals surface area contributed by atoms with Crippen molar-refractivity contribution in [1.82, 2.24) is 15.0 Å². The lowest BCUT2D eigenvalue weighted by Gasteiger charge is -2.30. The summed E-state index contributed by atoms with van der Waals surface area (Å²) in [5.74, 6) is 2.79. The molecule has 1 aliphatic heterocycles. The van der Waals surface area contributed by atoms with E-state index < -0.39 is 0 Å². The van der Waals surface area contributed by atoms with Gasteiger partial charge in [-0.15, -0.1) is 11.3 Å². The molecule has 6 heteroatoms. The smallest absolute Gasteiger partial charge is 0.164 e. The SMILES string of the molecule is C1=CC2C(c3ccccc3N2c2ccccc2)c2c1oc1cccc(-c3nc(-c4cccc(-c5ccccc5)c4)nc(-c4ccc5sc6ccccc6c5c4)n3)c21. The van der Waals surface area contributed by atoms with E-state index in [1.807, 2.05) is 17.4 Å². The Balaban J connectivity index is 1.08. The minimum atomic E-state index is 0.0430. The summed E-state index contributed by atoms with van der Waals surface area (Å²) < 4.78 is 9.22. The number of benzene rings is 7. The van der Waals surface area contributed by atoms with Crippen LogP contribution in [0.1, 0.15) is 22.8 Å². The number of para-hydroxylation sites is 2. The average Bonchev–Trinajstić information content (AvgIpc) is 3.96. The van der Waals surface area contributed by atoms with Gasteiger partial charge in [0.2, 0.25) is 0 Å². The third kappa shape index (κ3) is 5.11. The number of nitrogens with zero attached hydrogens (tertiary/aromatic N) is 4. The molecule has 0 amide bonds. The predicted molar refractivity (Wildman–Crippen MR) is 234 cm³/mol. The highest BCUT2D eigenvalue weighted by atomic mass is 32.1. The fourth-order valence-corrected chi connectivity index (χ4v) is 10.1. The monoisotopic (exact) mass is 748 g/mol. The Kier molecular flexibility index (Phi) is 7.16. The van der Waals surface area contributed by atoms with Gasteiger partial charge in [0, 0.05) is 65.1 Å². The van der Waals surface area contributed by atoms with Crippen LogP contribution in [-0.4, -0.2) is 21.0 Å². The van der Waals surface area contributed by atoms with Gasteiger partial charge in [-0.05, 0) is 77.4 Å². The second kappa shape index (κ2) is 12.7. The number of anilines is 2. The van der Waals surface area contributed by atoms with Gasteiger partial charge in [-0.2, -0.15) is 0 Å². The maximum absolute atomic E-state index is 6.72. The van der Waals surface area contributed by atoms with E-state index in [4.69, 9.17) is 19.4 Å². The molecule has 10 aromatic rings. The Hall–Kier alpha value is -7.15. The van der Waals surface area contributed by atoms with Crippen LogP contribution >= 0.6 is 11.3 Å². The van der Waals surface area contributed by atoms with Crippen LogP contribution < -0.4 is 4.90 Å². The molecule has 4 heterocycles. The van der Waals surface area contributed by atoms with Gasteiger partial charge in [0.15, 0.2) is 17.5 Å². The number of hydrogen-bond donors (Lipinski definition) is 0. The van der Waals surface area contributed by atoms with Gasteiger partial charge < -0.3 is 9.32 Å². The molecule has 2 atom stereocenters. The maximum atomic E-state index is 6.72. The van der Waals surface area contributed by atoms with Gasteiger partial charge in [0.1, 0.15) is 11.3 Å². The van der Waals surface area contributed by atoms with Crippen molar-refractivity contribution in [2.45, 2.75) is 12.0 Å². The van der Waals surface area contributed by atoms with Gasteiger partial charge in [-0.3, -0.25) is 0 Å². The van der Waals surface area contributed by atoms with Crippen LogP contribution in [0.3, 0.4) is 0 Å². The Labute approximate surface area is 332 Å². The lowest BCUT2D eigenvalue weighted by Crippen LogP contribution is -2.30. The summed E-state index contributed by atoms with van der Waals surface area (Å²) in [6, 6.07) is 59.9. The van der Waals surface area contributed by atoms with Gasteiger partial charge >= 0.3 is 0 Å². The van der Waals surface area contributed by atoms with Crippen molar-refractivity contribution >= 4 is 59.9 Å². The minimum absolute atomic E-state index is 0.0430. The highest BCUT2D eigenvalue weighted by Gasteiger charge is 2.43. The Morgan fingerprint density at radius 2 is 1.21 bits per heavy atom. The van der Waals surface area contributed by atoms with Crippen molar-refractivity contribution in [1.29, 1.82) is 0 Å². The molecular formula is C51H32N4OS. The van der Waals surface area contributed by atoms with Gasteiger partial charge in [0.25, 0.3) is 0 Å². The molecule has 0 saturated heterocycles. The quantitative estimate of drug-likeness (QED) is 0.175. The van der Waals surface area contributed by atoms with Crippen molar-refractivity contribution in [2.75, 3.05) is 4.90 Å². The van der Waals surface area contributed by atoms with E-state index in [1.165, 1.54) is 42.7 Å². The first-order valence-corrected chi connectivity index (χ1v) is 20.1. The number of thiophene rings is 1. The molecule has 0 fully saturated rings. The van der Waals surface area contributed by atoms with Gasteiger partial charge in [-0.25, -0.2) is 15.0 Å². The topological polar surface area (TPSA) is 55.1 Å². The molecular weight excluding hydrogens is 717 g/mol. The predicted octanol–water partition coefficient (Wildman–Crippen LogP) is 13.3. The highest BCUT2D eigenvalue weighted by molar-refractivity contribution is 7.25. The van der Waals surface area contributed by atoms with E-state index in [0.717, 1.165) is 44.5 Å². The van der Waals surface area contributed by atoms with E-state index >= 15 is 0 Å². The normalized spacial score (nSPS) is 15.6. The lowest BCUT2D eigenvalue weighted by atomic mass is 9.82. The molecule has 2 unspecified atom stereocenters. The van der Waals surface area contributed by atoms with E-state index in [1.54, 1.807) is 0 Å². The molecule has 5 nitrogen and oxygen atoms in total. The highest BCUT2D eigenvalue weighted by Crippen LogP contribution is 2.54. The second-order valence-electron chi connectivity index (χ2n) is 14.7. The summed E-state index contributed by atoms with van der Waals surface area (Å²) in [5, 5.41) is 3.48. The maximum Gasteiger partial charge on any atom is 0.164 e. The van der Waals surface area contributed by atoms with Crippen LogP contribution in [0.25, 0.3) is 82.5 Å². The second-order valence-corrected chi connectivity index (χ2v) is 15.8. The zero-order valence-electron chi connectivity index (χ0n) is 30.6. The average molecular weight is 749 g/mol. The summed E-state index contributed by atoms with van der Waals surface area (Å²) in [5.41, 5.74) is 10.7. The molecule has 3 aromatic heterocycles. The van der Waals surface area contributed by atoms with Crippen molar-refractivity contribution in [2.24, 2.45) is 0 Å². The fraction of sp³-hybridized carbons (Fsp3) is 0.0392. The Morgan fingerprint density at radius 1 is 0.526 bits per heavy atom. The molecule has 12 rings (SSSR count). The Bertz CT molecular complexity index is 3220. The number of hydrogen-bond acceptors (Lipinski definition) is 6. The molecule has 0 radical (unpaired) electrons. The largest absolute Gasteiger partial charge is 0.456 e. The molecule has 7 aromatic carbocycles. The van der Waals surface area contributed by atoms with E-state index in [9.17, 15) is 0 Å². The number of furan rings is 1. The third-order valence-electron chi connectivity index (χ3n) is 11.5. The summed E-state index contributed by atoms with van der Waals surface area (Å²) in [4.78, 5) is 18.3. The van der Waals surface area contributed by atoms with Crippen LogP contribution in [0.2, 0.25) is 0 Å². The summed E-state index contributed by atoms with van der Waals surface area (Å²) in [6.45, 7) is 0. The van der Waals surface area contributed by atoms with E-state index in [2.05, 4.69) is 181 Å². The number of aromatic nitrogens is 3. The first-order valence-electron chi connectivity index (χ1n) is 19.3. The lowest BCUT2D eigenvalue weighted by molar-refractivity contribution is 0.584. The van der Waals surface area contributed by atoms with Crippen molar-refractivity contribution in [3.05, 3.63) is 193 Å². The fourth-order valence-electron chi connectivity index (χ4n) is 8.97. The molecule has 57 heavy (non-hydrogen) atoms. The molecule has 0 bridgehead atoms. The first kappa shape index (κ1) is 32.1. The van der Waals surface area contributed by atoms with E-state index in [0.29, 0.717) is 17.5 Å². The van der Waals surface area contributed by atoms with Crippen LogP contribution in [0, 0.1) is 0 Å². The molecule has 0 spiro atoms. The van der Waals surface area contributed by atoms with Crippen molar-refractivity contribution in [3.8, 4) is 45.3 Å².